The van der Waals surface area contributed by atoms with Crippen LogP contribution in [0.15, 0.2) is 48.5 Å². The predicted octanol–water partition coefficient (Wildman–Crippen LogP) is 3.29. The molecule has 0 radical (unpaired) electrons. The van der Waals surface area contributed by atoms with Crippen LogP contribution in [0.5, 0.6) is 0 Å². The van der Waals surface area contributed by atoms with Crippen molar-refractivity contribution >= 4 is 36.4 Å². The van der Waals surface area contributed by atoms with Crippen molar-refractivity contribution in [1.82, 2.24) is 10.2 Å². The summed E-state index contributed by atoms with van der Waals surface area (Å²) >= 11 is 0. The SMILES string of the molecule is CC(CNC(=O)c1cccc(N)c1)N1CCc2ccccc2C1.Cl.Cl. The first-order valence-corrected chi connectivity index (χ1v) is 8.08. The van der Waals surface area contributed by atoms with E-state index in [9.17, 15) is 4.79 Å². The summed E-state index contributed by atoms with van der Waals surface area (Å²) in [6, 6.07) is 16.0. The number of fused-ring (bicyclic) bond motifs is 1. The van der Waals surface area contributed by atoms with Gasteiger partial charge in [-0.05, 0) is 42.7 Å². The molecule has 0 saturated heterocycles. The van der Waals surface area contributed by atoms with E-state index in [1.54, 1.807) is 24.3 Å². The Hall–Kier alpha value is -1.75. The van der Waals surface area contributed by atoms with Crippen molar-refractivity contribution in [1.29, 1.82) is 0 Å². The van der Waals surface area contributed by atoms with Gasteiger partial charge in [0, 0.05) is 36.9 Å². The standard InChI is InChI=1S/C19H23N3O.2ClH/c1-14(12-21-19(23)16-7-4-8-18(20)11-16)22-10-9-15-5-2-3-6-17(15)13-22;;/h2-8,11,14H,9-10,12-13,20H2,1H3,(H,21,23);2*1H. The summed E-state index contributed by atoms with van der Waals surface area (Å²) in [5, 5.41) is 3.01. The van der Waals surface area contributed by atoms with E-state index in [2.05, 4.69) is 41.4 Å². The van der Waals surface area contributed by atoms with Crippen LogP contribution in [0, 0.1) is 0 Å². The van der Waals surface area contributed by atoms with Crippen LogP contribution in [0.3, 0.4) is 0 Å². The zero-order valence-corrected chi connectivity index (χ0v) is 15.9. The van der Waals surface area contributed by atoms with Crippen LogP contribution in [0.2, 0.25) is 0 Å². The van der Waals surface area contributed by atoms with Crippen LogP contribution >= 0.6 is 24.8 Å². The van der Waals surface area contributed by atoms with E-state index in [4.69, 9.17) is 5.73 Å². The average molecular weight is 382 g/mol. The Morgan fingerprint density at radius 2 is 1.88 bits per heavy atom. The molecule has 1 aliphatic heterocycles. The van der Waals surface area contributed by atoms with Crippen LogP contribution in [0.1, 0.15) is 28.4 Å². The van der Waals surface area contributed by atoms with E-state index in [0.717, 1.165) is 19.5 Å². The summed E-state index contributed by atoms with van der Waals surface area (Å²) < 4.78 is 0. The molecule has 136 valence electrons. The van der Waals surface area contributed by atoms with Gasteiger partial charge in [0.05, 0.1) is 0 Å². The summed E-state index contributed by atoms with van der Waals surface area (Å²) in [5.41, 5.74) is 9.79. The summed E-state index contributed by atoms with van der Waals surface area (Å²) in [6.07, 6.45) is 1.07. The Morgan fingerprint density at radius 1 is 1.16 bits per heavy atom. The van der Waals surface area contributed by atoms with Crippen LogP contribution < -0.4 is 11.1 Å². The van der Waals surface area contributed by atoms with E-state index >= 15 is 0 Å². The first-order valence-electron chi connectivity index (χ1n) is 8.08. The number of rotatable bonds is 4. The number of anilines is 1. The number of amides is 1. The van der Waals surface area contributed by atoms with E-state index in [0.29, 0.717) is 23.8 Å². The molecule has 1 unspecified atom stereocenters. The summed E-state index contributed by atoms with van der Waals surface area (Å²) in [6.45, 7) is 4.78. The molecule has 3 rings (SSSR count). The smallest absolute Gasteiger partial charge is 0.251 e. The number of carbonyl (C=O) groups excluding carboxylic acids is 1. The number of benzene rings is 2. The fraction of sp³-hybridized carbons (Fsp3) is 0.316. The van der Waals surface area contributed by atoms with Gasteiger partial charge in [0.25, 0.3) is 5.91 Å². The lowest BCUT2D eigenvalue weighted by molar-refractivity contribution is 0.0932. The van der Waals surface area contributed by atoms with Gasteiger partial charge in [-0.25, -0.2) is 0 Å². The normalized spacial score (nSPS) is 14.4. The Morgan fingerprint density at radius 3 is 2.60 bits per heavy atom. The first kappa shape index (κ1) is 21.3. The number of halogens is 2. The van der Waals surface area contributed by atoms with Gasteiger partial charge < -0.3 is 11.1 Å². The number of nitrogens with zero attached hydrogens (tertiary/aromatic N) is 1. The fourth-order valence-corrected chi connectivity index (χ4v) is 3.05. The van der Waals surface area contributed by atoms with Crippen LogP contribution in [-0.4, -0.2) is 29.9 Å². The molecule has 1 aliphatic rings. The maximum atomic E-state index is 12.2. The Labute approximate surface area is 161 Å². The number of nitrogens with one attached hydrogen (secondary N) is 1. The molecule has 2 aromatic rings. The second-order valence-corrected chi connectivity index (χ2v) is 6.17. The second-order valence-electron chi connectivity index (χ2n) is 6.17. The molecule has 0 aliphatic carbocycles. The molecular weight excluding hydrogens is 357 g/mol. The molecular formula is C19H25Cl2N3O. The lowest BCUT2D eigenvalue weighted by atomic mass is 9.99. The third-order valence-corrected chi connectivity index (χ3v) is 4.49. The predicted molar refractivity (Wildman–Crippen MR) is 108 cm³/mol. The number of hydrogen-bond donors (Lipinski definition) is 2. The van der Waals surface area contributed by atoms with Crippen molar-refractivity contribution in [3.63, 3.8) is 0 Å². The van der Waals surface area contributed by atoms with Gasteiger partial charge in [0.1, 0.15) is 0 Å². The maximum absolute atomic E-state index is 12.2. The van der Waals surface area contributed by atoms with Crippen LogP contribution in [0.4, 0.5) is 5.69 Å². The molecule has 0 saturated carbocycles. The largest absolute Gasteiger partial charge is 0.399 e. The fourth-order valence-electron chi connectivity index (χ4n) is 3.05. The Bertz CT molecular complexity index is 709. The van der Waals surface area contributed by atoms with Gasteiger partial charge in [-0.3, -0.25) is 9.69 Å². The molecule has 1 amide bonds. The second kappa shape index (κ2) is 9.66. The molecule has 1 atom stereocenters. The number of nitrogens with two attached hydrogens (primary N) is 1. The van der Waals surface area contributed by atoms with E-state index in [1.165, 1.54) is 11.1 Å². The summed E-state index contributed by atoms with van der Waals surface area (Å²) in [7, 11) is 0. The third kappa shape index (κ3) is 5.36. The quantitative estimate of drug-likeness (QED) is 0.798. The van der Waals surface area contributed by atoms with Gasteiger partial charge in [-0.2, -0.15) is 0 Å². The van der Waals surface area contributed by atoms with Crippen LogP contribution in [0.25, 0.3) is 0 Å². The minimum Gasteiger partial charge on any atom is -0.399 e. The maximum Gasteiger partial charge on any atom is 0.251 e. The highest BCUT2D eigenvalue weighted by Crippen LogP contribution is 2.20. The van der Waals surface area contributed by atoms with E-state index < -0.39 is 0 Å². The zero-order valence-electron chi connectivity index (χ0n) is 14.3. The molecule has 1 heterocycles. The van der Waals surface area contributed by atoms with E-state index in [-0.39, 0.29) is 30.7 Å². The highest BCUT2D eigenvalue weighted by atomic mass is 35.5. The molecule has 3 N–H and O–H groups in total. The molecule has 0 bridgehead atoms. The molecule has 6 heteroatoms. The molecule has 25 heavy (non-hydrogen) atoms. The van der Waals surface area contributed by atoms with Gasteiger partial charge >= 0.3 is 0 Å². The minimum atomic E-state index is -0.0680. The molecule has 0 spiro atoms. The average Bonchev–Trinajstić information content (AvgIpc) is 2.59. The van der Waals surface area contributed by atoms with Crippen LogP contribution in [-0.2, 0) is 13.0 Å². The van der Waals surface area contributed by atoms with Crippen molar-refractivity contribution in [3.8, 4) is 0 Å². The third-order valence-electron chi connectivity index (χ3n) is 4.49. The summed E-state index contributed by atoms with van der Waals surface area (Å²) in [4.78, 5) is 14.6. The molecule has 0 fully saturated rings. The lowest BCUT2D eigenvalue weighted by Crippen LogP contribution is -2.44. The Balaban J connectivity index is 0.00000156. The molecule has 2 aromatic carbocycles. The lowest BCUT2D eigenvalue weighted by Gasteiger charge is -2.33. The minimum absolute atomic E-state index is 0. The monoisotopic (exact) mass is 381 g/mol. The highest BCUT2D eigenvalue weighted by molar-refractivity contribution is 5.95. The molecule has 0 aromatic heterocycles. The van der Waals surface area contributed by atoms with Crippen molar-refractivity contribution in [2.75, 3.05) is 18.8 Å². The van der Waals surface area contributed by atoms with Crippen molar-refractivity contribution in [2.45, 2.75) is 25.9 Å². The van der Waals surface area contributed by atoms with E-state index in [1.807, 2.05) is 0 Å². The highest BCUT2D eigenvalue weighted by Gasteiger charge is 2.20. The summed E-state index contributed by atoms with van der Waals surface area (Å²) in [5.74, 6) is -0.0680. The van der Waals surface area contributed by atoms with Gasteiger partial charge in [-0.15, -0.1) is 24.8 Å². The van der Waals surface area contributed by atoms with Crippen molar-refractivity contribution in [2.24, 2.45) is 0 Å². The van der Waals surface area contributed by atoms with Crippen molar-refractivity contribution in [3.05, 3.63) is 65.2 Å². The number of carbonyl (C=O) groups is 1. The Kier molecular flexibility index (Phi) is 8.23. The van der Waals surface area contributed by atoms with Gasteiger partial charge in [0.2, 0.25) is 0 Å². The number of hydrogen-bond acceptors (Lipinski definition) is 3. The van der Waals surface area contributed by atoms with Gasteiger partial charge in [0.15, 0.2) is 0 Å². The first-order chi connectivity index (χ1) is 11.1. The number of nitrogen functional groups attached to an aromatic ring is 1. The topological polar surface area (TPSA) is 58.4 Å². The molecule has 4 nitrogen and oxygen atoms in total. The van der Waals surface area contributed by atoms with Crippen molar-refractivity contribution < 1.29 is 4.79 Å². The van der Waals surface area contributed by atoms with Gasteiger partial charge in [-0.1, -0.05) is 30.3 Å². The zero-order chi connectivity index (χ0) is 16.2.